The molecule has 0 N–H and O–H groups in total. The molecule has 0 radical (unpaired) electrons. The van der Waals surface area contributed by atoms with Crippen LogP contribution in [0, 0.1) is 5.82 Å². The van der Waals surface area contributed by atoms with Crippen molar-refractivity contribution >= 4 is 30.1 Å². The number of carbonyl (C=O) groups excluding carboxylic acids is 1. The van der Waals surface area contributed by atoms with Crippen molar-refractivity contribution in [1.29, 1.82) is 0 Å². The van der Waals surface area contributed by atoms with Crippen LogP contribution >= 0.6 is 24.2 Å². The molecule has 5 aromatic rings. The zero-order valence-corrected chi connectivity index (χ0v) is 29.4. The van der Waals surface area contributed by atoms with E-state index in [0.717, 1.165) is 34.4 Å². The molecule has 8 nitrogen and oxygen atoms in total. The van der Waals surface area contributed by atoms with Gasteiger partial charge in [-0.15, -0.1) is 12.4 Å². The Hall–Kier alpha value is -4.46. The van der Waals surface area contributed by atoms with Crippen molar-refractivity contribution in [2.45, 2.75) is 36.6 Å². The number of thioether (sulfide) groups is 1. The minimum Gasteiger partial charge on any atom is -0.336 e. The number of halogens is 5. The van der Waals surface area contributed by atoms with E-state index in [9.17, 15) is 27.2 Å². The van der Waals surface area contributed by atoms with E-state index in [-0.39, 0.29) is 30.7 Å². The zero-order valence-electron chi connectivity index (χ0n) is 27.7. The highest BCUT2D eigenvalue weighted by Crippen LogP contribution is 2.31. The van der Waals surface area contributed by atoms with E-state index in [4.69, 9.17) is 0 Å². The zero-order chi connectivity index (χ0) is 35.1. The molecule has 0 fully saturated rings. The molecular formula is C36H37ClF4N6O2S. The van der Waals surface area contributed by atoms with Crippen LogP contribution in [0.3, 0.4) is 0 Å². The molecular weight excluding hydrogens is 692 g/mol. The second-order valence-electron chi connectivity index (χ2n) is 12.0. The first-order chi connectivity index (χ1) is 23.3. The lowest BCUT2D eigenvalue weighted by Gasteiger charge is -2.26. The predicted octanol–water partition coefficient (Wildman–Crippen LogP) is 6.70. The monoisotopic (exact) mass is 728 g/mol. The van der Waals surface area contributed by atoms with Crippen molar-refractivity contribution in [3.63, 3.8) is 0 Å². The van der Waals surface area contributed by atoms with Gasteiger partial charge in [0.15, 0.2) is 5.16 Å². The Morgan fingerprint density at radius 3 is 2.06 bits per heavy atom. The lowest BCUT2D eigenvalue weighted by atomic mass is 10.0. The number of aryl methyl sites for hydroxylation is 1. The summed E-state index contributed by atoms with van der Waals surface area (Å²) in [5.41, 5.74) is 3.25. The second kappa shape index (κ2) is 17.0. The molecule has 0 atom stereocenters. The van der Waals surface area contributed by atoms with Gasteiger partial charge in [0.05, 0.1) is 11.8 Å². The van der Waals surface area contributed by atoms with E-state index in [1.807, 2.05) is 49.5 Å². The fourth-order valence-electron chi connectivity index (χ4n) is 5.12. The molecule has 1 amide bonds. The number of aromatic nitrogens is 4. The van der Waals surface area contributed by atoms with Gasteiger partial charge in [0, 0.05) is 56.8 Å². The van der Waals surface area contributed by atoms with Crippen molar-refractivity contribution < 1.29 is 22.4 Å². The molecule has 0 aliphatic rings. The van der Waals surface area contributed by atoms with E-state index < -0.39 is 17.3 Å². The van der Waals surface area contributed by atoms with Crippen molar-refractivity contribution in [3.8, 4) is 11.1 Å². The number of carbonyl (C=O) groups is 1. The smallest absolute Gasteiger partial charge is 0.336 e. The summed E-state index contributed by atoms with van der Waals surface area (Å²) in [6.45, 7) is 1.27. The van der Waals surface area contributed by atoms with Crippen LogP contribution in [0.5, 0.6) is 0 Å². The summed E-state index contributed by atoms with van der Waals surface area (Å²) >= 11 is 1.29. The topological polar surface area (TPSA) is 76.3 Å². The van der Waals surface area contributed by atoms with Crippen molar-refractivity contribution in [2.75, 3.05) is 27.2 Å². The molecule has 2 heterocycles. The molecule has 0 aliphatic heterocycles. The van der Waals surface area contributed by atoms with E-state index in [1.165, 1.54) is 36.0 Å². The number of amides is 1. The van der Waals surface area contributed by atoms with Gasteiger partial charge in [0.25, 0.3) is 5.56 Å². The van der Waals surface area contributed by atoms with Gasteiger partial charge >= 0.3 is 6.18 Å². The normalized spacial score (nSPS) is 11.4. The summed E-state index contributed by atoms with van der Waals surface area (Å²) in [6, 6.07) is 18.5. The van der Waals surface area contributed by atoms with Crippen LogP contribution in [0.4, 0.5) is 17.6 Å². The molecule has 0 unspecified atom stereocenters. The number of hydrogen-bond acceptors (Lipinski definition) is 6. The summed E-state index contributed by atoms with van der Waals surface area (Å²) in [5, 5.41) is 4.55. The molecule has 3 aromatic carbocycles. The van der Waals surface area contributed by atoms with Crippen molar-refractivity contribution in [1.82, 2.24) is 29.1 Å². The second-order valence-corrected chi connectivity index (χ2v) is 12.9. The minimum atomic E-state index is -4.40. The average molecular weight is 729 g/mol. The van der Waals surface area contributed by atoms with Crippen LogP contribution in [0.1, 0.15) is 27.8 Å². The highest BCUT2D eigenvalue weighted by molar-refractivity contribution is 7.98. The van der Waals surface area contributed by atoms with E-state index in [1.54, 1.807) is 45.7 Å². The standard InChI is InChI=1S/C36H36F4N6O2S.ClH/c1-43(2)16-17-45(21-25-4-8-28(9-5-25)29-10-12-31(13-11-29)36(38,39)40)33(47)23-46-22-30(18-27-19-41-44(3)20-27)34(48)42-35(46)49-24-26-6-14-32(37)15-7-26;/h4-15,19-20,22H,16-18,21,23-24H2,1-3H3;1H. The highest BCUT2D eigenvalue weighted by atomic mass is 35.5. The summed E-state index contributed by atoms with van der Waals surface area (Å²) in [5.74, 6) is -0.116. The Kier molecular flexibility index (Phi) is 13.0. The first-order valence-corrected chi connectivity index (χ1v) is 16.5. The quantitative estimate of drug-likeness (QED) is 0.0764. The summed E-state index contributed by atoms with van der Waals surface area (Å²) in [6.07, 6.45) is 1.07. The molecule has 0 bridgehead atoms. The van der Waals surface area contributed by atoms with Crippen LogP contribution in [0.2, 0.25) is 0 Å². The van der Waals surface area contributed by atoms with Crippen LogP contribution < -0.4 is 5.56 Å². The van der Waals surface area contributed by atoms with E-state index in [2.05, 4.69) is 10.1 Å². The fraction of sp³-hybridized carbons (Fsp3) is 0.278. The van der Waals surface area contributed by atoms with E-state index >= 15 is 0 Å². The number of likely N-dealkylation sites (N-methyl/N-ethyl adjacent to an activating group) is 1. The molecule has 5 rings (SSSR count). The maximum Gasteiger partial charge on any atom is 0.416 e. The van der Waals surface area contributed by atoms with Crippen molar-refractivity contribution in [2.24, 2.45) is 7.05 Å². The Labute approximate surface area is 298 Å². The first kappa shape index (κ1) is 38.3. The summed E-state index contributed by atoms with van der Waals surface area (Å²) < 4.78 is 55.9. The molecule has 264 valence electrons. The Bertz CT molecular complexity index is 1930. The fourth-order valence-corrected chi connectivity index (χ4v) is 6.03. The molecule has 0 aliphatic carbocycles. The lowest BCUT2D eigenvalue weighted by Crippen LogP contribution is -2.38. The van der Waals surface area contributed by atoms with Crippen LogP contribution in [0.25, 0.3) is 11.1 Å². The number of benzene rings is 3. The lowest BCUT2D eigenvalue weighted by molar-refractivity contribution is -0.137. The molecule has 0 spiro atoms. The maximum absolute atomic E-state index is 14.0. The maximum atomic E-state index is 14.0. The number of nitrogens with zero attached hydrogens (tertiary/aromatic N) is 6. The predicted molar refractivity (Wildman–Crippen MR) is 189 cm³/mol. The Morgan fingerprint density at radius 2 is 1.48 bits per heavy atom. The molecule has 50 heavy (non-hydrogen) atoms. The van der Waals surface area contributed by atoms with Gasteiger partial charge in [-0.3, -0.25) is 14.3 Å². The van der Waals surface area contributed by atoms with Gasteiger partial charge in [-0.2, -0.15) is 23.3 Å². The van der Waals surface area contributed by atoms with Gasteiger partial charge in [-0.05, 0) is 66.2 Å². The Morgan fingerprint density at radius 1 is 0.860 bits per heavy atom. The van der Waals surface area contributed by atoms with Gasteiger partial charge in [-0.25, -0.2) is 4.39 Å². The summed E-state index contributed by atoms with van der Waals surface area (Å²) in [4.78, 5) is 35.2. The number of hydrogen-bond donors (Lipinski definition) is 0. The van der Waals surface area contributed by atoms with E-state index in [0.29, 0.717) is 48.1 Å². The molecule has 14 heteroatoms. The molecule has 0 saturated heterocycles. The van der Waals surface area contributed by atoms with Gasteiger partial charge < -0.3 is 14.4 Å². The van der Waals surface area contributed by atoms with Gasteiger partial charge in [0.2, 0.25) is 5.91 Å². The third kappa shape index (κ3) is 10.5. The third-order valence-electron chi connectivity index (χ3n) is 7.81. The number of rotatable bonds is 13. The highest BCUT2D eigenvalue weighted by Gasteiger charge is 2.30. The SMILES string of the molecule is CN(C)CCN(Cc1ccc(-c2ccc(C(F)(F)F)cc2)cc1)C(=O)Cn1cc(Cc2cnn(C)c2)c(=O)nc1SCc1ccc(F)cc1.Cl. The third-order valence-corrected chi connectivity index (χ3v) is 8.87. The van der Waals surface area contributed by atoms with Crippen LogP contribution in [0.15, 0.2) is 101 Å². The van der Waals surface area contributed by atoms with Gasteiger partial charge in [-0.1, -0.05) is 60.3 Å². The minimum absolute atomic E-state index is 0. The molecule has 2 aromatic heterocycles. The number of alkyl halides is 3. The van der Waals surface area contributed by atoms with Crippen molar-refractivity contribution in [3.05, 3.63) is 135 Å². The average Bonchev–Trinajstić information content (AvgIpc) is 3.48. The van der Waals surface area contributed by atoms with Crippen LogP contribution in [-0.2, 0) is 43.3 Å². The van der Waals surface area contributed by atoms with Gasteiger partial charge in [0.1, 0.15) is 12.4 Å². The Balaban J connectivity index is 0.00000562. The summed E-state index contributed by atoms with van der Waals surface area (Å²) in [7, 11) is 5.63. The largest absolute Gasteiger partial charge is 0.416 e. The van der Waals surface area contributed by atoms with Crippen LogP contribution in [-0.4, -0.2) is 62.2 Å². The first-order valence-electron chi connectivity index (χ1n) is 15.5. The molecule has 0 saturated carbocycles.